The summed E-state index contributed by atoms with van der Waals surface area (Å²) in [4.78, 5) is 12.3. The summed E-state index contributed by atoms with van der Waals surface area (Å²) in [6.45, 7) is 4.99. The van der Waals surface area contributed by atoms with E-state index in [0.29, 0.717) is 18.7 Å². The van der Waals surface area contributed by atoms with E-state index in [1.54, 1.807) is 0 Å². The van der Waals surface area contributed by atoms with Crippen molar-refractivity contribution in [3.05, 3.63) is 29.3 Å². The molecule has 0 amide bonds. The number of hydrogen-bond acceptors (Lipinski definition) is 4. The molecule has 0 aliphatic heterocycles. The molecule has 0 heterocycles. The van der Waals surface area contributed by atoms with Gasteiger partial charge in [-0.1, -0.05) is 45.2 Å². The zero-order valence-corrected chi connectivity index (χ0v) is 15.4. The predicted molar refractivity (Wildman–Crippen MR) is 100 cm³/mol. The molecule has 4 heteroatoms. The lowest BCUT2D eigenvalue weighted by molar-refractivity contribution is -0.136. The lowest BCUT2D eigenvalue weighted by atomic mass is 9.97. The molecule has 4 nitrogen and oxygen atoms in total. The van der Waals surface area contributed by atoms with Gasteiger partial charge >= 0.3 is 5.97 Å². The highest BCUT2D eigenvalue weighted by atomic mass is 16.5. The molecule has 136 valence electrons. The number of unbranched alkanes of at least 4 members (excludes halogenated alkanes) is 3. The summed E-state index contributed by atoms with van der Waals surface area (Å²) in [5, 5.41) is 0. The number of benzene rings is 1. The molecule has 4 N–H and O–H groups in total. The normalized spacial score (nSPS) is 12.2. The van der Waals surface area contributed by atoms with Crippen LogP contribution in [0.15, 0.2) is 18.2 Å². The van der Waals surface area contributed by atoms with E-state index in [2.05, 4.69) is 19.9 Å². The van der Waals surface area contributed by atoms with E-state index in [4.69, 9.17) is 16.2 Å². The van der Waals surface area contributed by atoms with Gasteiger partial charge in [-0.2, -0.15) is 0 Å². The summed E-state index contributed by atoms with van der Waals surface area (Å²) in [7, 11) is 0. The number of aryl methyl sites for hydroxylation is 1. The number of rotatable bonds is 12. The highest BCUT2D eigenvalue weighted by molar-refractivity contribution is 5.78. The average molecular weight is 335 g/mol. The molecule has 0 spiro atoms. The van der Waals surface area contributed by atoms with Crippen molar-refractivity contribution < 1.29 is 9.53 Å². The fourth-order valence-electron chi connectivity index (χ4n) is 2.76. The van der Waals surface area contributed by atoms with E-state index in [9.17, 15) is 4.79 Å². The van der Waals surface area contributed by atoms with Crippen LogP contribution in [0.4, 0.5) is 0 Å². The third kappa shape index (κ3) is 7.02. The van der Waals surface area contributed by atoms with Crippen LogP contribution in [0.5, 0.6) is 5.75 Å². The van der Waals surface area contributed by atoms with Crippen LogP contribution >= 0.6 is 0 Å². The zero-order chi connectivity index (χ0) is 17.8. The number of esters is 1. The third-order valence-electron chi connectivity index (χ3n) is 4.29. The van der Waals surface area contributed by atoms with Crippen molar-refractivity contribution in [3.63, 3.8) is 0 Å². The van der Waals surface area contributed by atoms with Crippen LogP contribution in [-0.4, -0.2) is 18.6 Å². The second-order valence-electron chi connectivity index (χ2n) is 6.41. The van der Waals surface area contributed by atoms with Crippen molar-refractivity contribution in [1.29, 1.82) is 0 Å². The highest BCUT2D eigenvalue weighted by Gasteiger charge is 2.18. The molecule has 0 unspecified atom stereocenters. The minimum Gasteiger partial charge on any atom is -0.425 e. The smallest absolute Gasteiger partial charge is 0.328 e. The van der Waals surface area contributed by atoms with Gasteiger partial charge < -0.3 is 16.2 Å². The SMILES string of the molecule is CCCCc1cccc(OC(=O)[C@@H](N)CCCCN)c1CCCC. The Kier molecular flexibility index (Phi) is 10.4. The van der Waals surface area contributed by atoms with E-state index in [1.807, 2.05) is 12.1 Å². The second-order valence-corrected chi connectivity index (χ2v) is 6.41. The van der Waals surface area contributed by atoms with Gasteiger partial charge in [-0.3, -0.25) is 0 Å². The standard InChI is InChI=1S/C20H34N2O2/c1-3-5-10-16-11-9-14-19(17(16)12-6-4-2)24-20(23)18(22)13-7-8-15-21/h9,11,14,18H,3-8,10,12-13,15,21-22H2,1-2H3/t18-/m0/s1. The van der Waals surface area contributed by atoms with Crippen LogP contribution in [-0.2, 0) is 17.6 Å². The van der Waals surface area contributed by atoms with Gasteiger partial charge in [-0.15, -0.1) is 0 Å². The molecule has 0 aliphatic carbocycles. The first-order chi connectivity index (χ1) is 11.6. The maximum Gasteiger partial charge on any atom is 0.328 e. The molecule has 1 atom stereocenters. The molecule has 0 aromatic heterocycles. The number of carbonyl (C=O) groups excluding carboxylic acids is 1. The number of ether oxygens (including phenoxy) is 1. The molecule has 0 saturated heterocycles. The third-order valence-corrected chi connectivity index (χ3v) is 4.29. The van der Waals surface area contributed by atoms with E-state index in [-0.39, 0.29) is 5.97 Å². The minimum atomic E-state index is -0.574. The molecule has 1 rings (SSSR count). The Labute approximate surface area is 146 Å². The van der Waals surface area contributed by atoms with Crippen LogP contribution in [0.2, 0.25) is 0 Å². The highest BCUT2D eigenvalue weighted by Crippen LogP contribution is 2.26. The topological polar surface area (TPSA) is 78.3 Å². The van der Waals surface area contributed by atoms with Gasteiger partial charge in [0.2, 0.25) is 0 Å². The van der Waals surface area contributed by atoms with Crippen LogP contribution in [0, 0.1) is 0 Å². The molecule has 1 aromatic rings. The van der Waals surface area contributed by atoms with E-state index >= 15 is 0 Å². The Morgan fingerprint density at radius 1 is 1.08 bits per heavy atom. The Morgan fingerprint density at radius 3 is 2.46 bits per heavy atom. The van der Waals surface area contributed by atoms with Gasteiger partial charge in [0.05, 0.1) is 0 Å². The van der Waals surface area contributed by atoms with Crippen LogP contribution < -0.4 is 16.2 Å². The zero-order valence-electron chi connectivity index (χ0n) is 15.4. The first-order valence-corrected chi connectivity index (χ1v) is 9.42. The van der Waals surface area contributed by atoms with Gasteiger partial charge in [0.15, 0.2) is 0 Å². The molecular formula is C20H34N2O2. The van der Waals surface area contributed by atoms with Crippen molar-refractivity contribution in [2.75, 3.05) is 6.54 Å². The van der Waals surface area contributed by atoms with E-state index < -0.39 is 6.04 Å². The first kappa shape index (κ1) is 20.7. The average Bonchev–Trinajstić information content (AvgIpc) is 2.59. The summed E-state index contributed by atoms with van der Waals surface area (Å²) in [6.07, 6.45) is 8.85. The molecule has 0 aliphatic rings. The molecule has 0 bridgehead atoms. The fraction of sp³-hybridized carbons (Fsp3) is 0.650. The lowest BCUT2D eigenvalue weighted by Crippen LogP contribution is -2.34. The van der Waals surface area contributed by atoms with Gasteiger partial charge in [0.25, 0.3) is 0 Å². The van der Waals surface area contributed by atoms with Crippen LogP contribution in [0.1, 0.15) is 69.9 Å². The monoisotopic (exact) mass is 334 g/mol. The van der Waals surface area contributed by atoms with Gasteiger partial charge in [0.1, 0.15) is 11.8 Å². The molecular weight excluding hydrogens is 300 g/mol. The van der Waals surface area contributed by atoms with Gasteiger partial charge in [0, 0.05) is 0 Å². The van der Waals surface area contributed by atoms with Crippen molar-refractivity contribution >= 4 is 5.97 Å². The Hall–Kier alpha value is -1.39. The van der Waals surface area contributed by atoms with Gasteiger partial charge in [-0.05, 0) is 62.3 Å². The van der Waals surface area contributed by atoms with Crippen molar-refractivity contribution in [1.82, 2.24) is 0 Å². The molecule has 0 saturated carbocycles. The molecule has 0 fully saturated rings. The first-order valence-electron chi connectivity index (χ1n) is 9.42. The number of hydrogen-bond donors (Lipinski definition) is 2. The maximum absolute atomic E-state index is 12.3. The largest absolute Gasteiger partial charge is 0.425 e. The Balaban J connectivity index is 2.82. The van der Waals surface area contributed by atoms with Gasteiger partial charge in [-0.25, -0.2) is 4.79 Å². The Bertz CT molecular complexity index is 489. The molecule has 1 aromatic carbocycles. The van der Waals surface area contributed by atoms with Crippen molar-refractivity contribution in [2.45, 2.75) is 77.7 Å². The molecule has 0 radical (unpaired) electrons. The number of nitrogens with two attached hydrogens (primary N) is 2. The minimum absolute atomic E-state index is 0.336. The lowest BCUT2D eigenvalue weighted by Gasteiger charge is -2.17. The Morgan fingerprint density at radius 2 is 1.79 bits per heavy atom. The van der Waals surface area contributed by atoms with E-state index in [0.717, 1.165) is 51.4 Å². The quantitative estimate of drug-likeness (QED) is 0.347. The summed E-state index contributed by atoms with van der Waals surface area (Å²) in [5.41, 5.74) is 13.9. The van der Waals surface area contributed by atoms with Crippen molar-refractivity contribution in [3.8, 4) is 5.75 Å². The van der Waals surface area contributed by atoms with Crippen LogP contribution in [0.3, 0.4) is 0 Å². The van der Waals surface area contributed by atoms with Crippen LogP contribution in [0.25, 0.3) is 0 Å². The molecule has 24 heavy (non-hydrogen) atoms. The summed E-state index contributed by atoms with van der Waals surface area (Å²) in [6, 6.07) is 5.45. The van der Waals surface area contributed by atoms with E-state index in [1.165, 1.54) is 11.1 Å². The maximum atomic E-state index is 12.3. The van der Waals surface area contributed by atoms with Crippen molar-refractivity contribution in [2.24, 2.45) is 11.5 Å². The predicted octanol–water partition coefficient (Wildman–Crippen LogP) is 3.73. The summed E-state index contributed by atoms with van der Waals surface area (Å²) < 4.78 is 5.66. The number of carbonyl (C=O) groups is 1. The summed E-state index contributed by atoms with van der Waals surface area (Å²) >= 11 is 0. The fourth-order valence-corrected chi connectivity index (χ4v) is 2.76. The summed E-state index contributed by atoms with van der Waals surface area (Å²) in [5.74, 6) is 0.355. The second kappa shape index (κ2) is 12.0.